The van der Waals surface area contributed by atoms with Gasteiger partial charge in [0.2, 0.25) is 5.88 Å². The van der Waals surface area contributed by atoms with Gasteiger partial charge in [0.15, 0.2) is 0 Å². The summed E-state index contributed by atoms with van der Waals surface area (Å²) in [6.07, 6.45) is 3.42. The van der Waals surface area contributed by atoms with Gasteiger partial charge in [-0.15, -0.1) is 0 Å². The molecule has 180 valence electrons. The number of rotatable bonds is 9. The Balaban J connectivity index is 1.75. The fraction of sp³-hybridized carbons (Fsp3) is 0.407. The van der Waals surface area contributed by atoms with Gasteiger partial charge in [-0.2, -0.15) is 0 Å². The number of aromatic nitrogens is 1. The molecule has 1 aromatic heterocycles. The lowest BCUT2D eigenvalue weighted by atomic mass is 10.0. The van der Waals surface area contributed by atoms with E-state index in [9.17, 15) is 4.79 Å². The van der Waals surface area contributed by atoms with Crippen molar-refractivity contribution < 1.29 is 18.8 Å². The first-order valence-electron chi connectivity index (χ1n) is 11.9. The number of para-hydroxylation sites is 1. The summed E-state index contributed by atoms with van der Waals surface area (Å²) in [6.45, 7) is 4.34. The van der Waals surface area contributed by atoms with Crippen molar-refractivity contribution in [2.45, 2.75) is 38.8 Å². The first kappa shape index (κ1) is 23.8. The van der Waals surface area contributed by atoms with Crippen LogP contribution in [-0.2, 0) is 11.3 Å². The highest BCUT2D eigenvalue weighted by atomic mass is 16.5. The van der Waals surface area contributed by atoms with Crippen LogP contribution in [0.2, 0.25) is 0 Å². The van der Waals surface area contributed by atoms with E-state index in [0.29, 0.717) is 37.1 Å². The summed E-state index contributed by atoms with van der Waals surface area (Å²) >= 11 is 0. The molecule has 4 rings (SSSR count). The minimum absolute atomic E-state index is 0.118. The lowest BCUT2D eigenvalue weighted by Crippen LogP contribution is -2.39. The van der Waals surface area contributed by atoms with Crippen molar-refractivity contribution in [2.24, 2.45) is 0 Å². The molecule has 0 N–H and O–H groups in total. The standard InChI is InChI=1S/C27H33N3O4/c1-20-11-9-10-16-30(20)27-23(25(28-34-27)21-12-5-4-6-13-21)19-29(17-18-32-2)26(31)22-14-7-8-15-24(22)33-3/h4-8,12-15,20H,9-11,16-19H2,1-3H3. The quantitative estimate of drug-likeness (QED) is 0.444. The number of carbonyl (C=O) groups excluding carboxylic acids is 1. The zero-order valence-corrected chi connectivity index (χ0v) is 20.2. The smallest absolute Gasteiger partial charge is 0.258 e. The molecule has 34 heavy (non-hydrogen) atoms. The van der Waals surface area contributed by atoms with E-state index in [2.05, 4.69) is 17.0 Å². The van der Waals surface area contributed by atoms with Crippen molar-refractivity contribution in [1.29, 1.82) is 0 Å². The monoisotopic (exact) mass is 463 g/mol. The van der Waals surface area contributed by atoms with Crippen molar-refractivity contribution in [3.8, 4) is 17.0 Å². The van der Waals surface area contributed by atoms with Gasteiger partial charge in [0.05, 0.1) is 31.4 Å². The minimum Gasteiger partial charge on any atom is -0.496 e. The Kier molecular flexibility index (Phi) is 7.85. The number of methoxy groups -OCH3 is 2. The summed E-state index contributed by atoms with van der Waals surface area (Å²) < 4.78 is 16.8. The Morgan fingerprint density at radius 1 is 1.12 bits per heavy atom. The van der Waals surface area contributed by atoms with E-state index in [4.69, 9.17) is 14.0 Å². The third kappa shape index (κ3) is 5.09. The fourth-order valence-corrected chi connectivity index (χ4v) is 4.53. The molecule has 0 bridgehead atoms. The highest BCUT2D eigenvalue weighted by Gasteiger charge is 2.30. The summed E-state index contributed by atoms with van der Waals surface area (Å²) in [5.74, 6) is 1.18. The van der Waals surface area contributed by atoms with E-state index < -0.39 is 0 Å². The summed E-state index contributed by atoms with van der Waals surface area (Å²) in [6, 6.07) is 17.6. The van der Waals surface area contributed by atoms with Gasteiger partial charge >= 0.3 is 0 Å². The average Bonchev–Trinajstić information content (AvgIpc) is 3.30. The van der Waals surface area contributed by atoms with Gasteiger partial charge < -0.3 is 23.8 Å². The average molecular weight is 464 g/mol. The molecule has 1 atom stereocenters. The van der Waals surface area contributed by atoms with Crippen LogP contribution in [0.15, 0.2) is 59.1 Å². The van der Waals surface area contributed by atoms with E-state index in [1.807, 2.05) is 42.5 Å². The summed E-state index contributed by atoms with van der Waals surface area (Å²) in [4.78, 5) is 17.8. The van der Waals surface area contributed by atoms with Crippen molar-refractivity contribution in [3.05, 3.63) is 65.7 Å². The molecule has 1 fully saturated rings. The van der Waals surface area contributed by atoms with Crippen LogP contribution < -0.4 is 9.64 Å². The van der Waals surface area contributed by atoms with Crippen LogP contribution in [0.5, 0.6) is 5.75 Å². The number of ether oxygens (including phenoxy) is 2. The van der Waals surface area contributed by atoms with E-state index in [0.717, 1.165) is 42.1 Å². The van der Waals surface area contributed by atoms with Gasteiger partial charge in [0, 0.05) is 31.8 Å². The SMILES string of the molecule is COCCN(Cc1c(-c2ccccc2)noc1N1CCCCC1C)C(=O)c1ccccc1OC. The van der Waals surface area contributed by atoms with E-state index in [1.54, 1.807) is 31.3 Å². The number of nitrogens with zero attached hydrogens (tertiary/aromatic N) is 3. The number of hydrogen-bond donors (Lipinski definition) is 0. The number of piperidine rings is 1. The molecule has 7 heteroatoms. The molecule has 1 unspecified atom stereocenters. The van der Waals surface area contributed by atoms with Crippen LogP contribution in [0.25, 0.3) is 11.3 Å². The van der Waals surface area contributed by atoms with Crippen molar-refractivity contribution in [1.82, 2.24) is 10.1 Å². The molecular formula is C27H33N3O4. The maximum Gasteiger partial charge on any atom is 0.258 e. The molecule has 1 saturated heterocycles. The largest absolute Gasteiger partial charge is 0.496 e. The van der Waals surface area contributed by atoms with Crippen LogP contribution in [0, 0.1) is 0 Å². The highest BCUT2D eigenvalue weighted by Crippen LogP contribution is 2.36. The number of amides is 1. The van der Waals surface area contributed by atoms with Crippen LogP contribution in [0.1, 0.15) is 42.1 Å². The Hall–Kier alpha value is -3.32. The molecule has 7 nitrogen and oxygen atoms in total. The Morgan fingerprint density at radius 2 is 1.88 bits per heavy atom. The van der Waals surface area contributed by atoms with Crippen LogP contribution in [0.4, 0.5) is 5.88 Å². The van der Waals surface area contributed by atoms with Crippen LogP contribution in [-0.4, -0.2) is 55.9 Å². The molecule has 2 aromatic carbocycles. The molecular weight excluding hydrogens is 430 g/mol. The van der Waals surface area contributed by atoms with Crippen molar-refractivity contribution in [2.75, 3.05) is 38.8 Å². The lowest BCUT2D eigenvalue weighted by Gasteiger charge is -2.34. The van der Waals surface area contributed by atoms with E-state index >= 15 is 0 Å². The zero-order chi connectivity index (χ0) is 23.9. The van der Waals surface area contributed by atoms with Gasteiger partial charge in [-0.25, -0.2) is 0 Å². The maximum atomic E-state index is 13.7. The topological polar surface area (TPSA) is 68.0 Å². The molecule has 0 spiro atoms. The fourth-order valence-electron chi connectivity index (χ4n) is 4.53. The van der Waals surface area contributed by atoms with Crippen LogP contribution in [0.3, 0.4) is 0 Å². The predicted octanol–water partition coefficient (Wildman–Crippen LogP) is 5.02. The van der Waals surface area contributed by atoms with Gasteiger partial charge in [-0.05, 0) is 38.3 Å². The molecule has 0 saturated carbocycles. The summed E-state index contributed by atoms with van der Waals surface area (Å²) in [7, 11) is 3.22. The maximum absolute atomic E-state index is 13.7. The first-order chi connectivity index (χ1) is 16.6. The second kappa shape index (κ2) is 11.2. The minimum atomic E-state index is -0.118. The molecule has 3 aromatic rings. The number of carbonyl (C=O) groups is 1. The third-order valence-corrected chi connectivity index (χ3v) is 6.42. The van der Waals surface area contributed by atoms with Crippen LogP contribution >= 0.6 is 0 Å². The van der Waals surface area contributed by atoms with Gasteiger partial charge in [0.1, 0.15) is 11.4 Å². The summed E-state index contributed by atoms with van der Waals surface area (Å²) in [5.41, 5.74) is 3.17. The molecule has 0 radical (unpaired) electrons. The first-order valence-corrected chi connectivity index (χ1v) is 11.9. The van der Waals surface area contributed by atoms with Gasteiger partial charge in [-0.1, -0.05) is 47.6 Å². The Morgan fingerprint density at radius 3 is 2.62 bits per heavy atom. The van der Waals surface area contributed by atoms with Gasteiger partial charge in [0.25, 0.3) is 5.91 Å². The molecule has 1 aliphatic heterocycles. The third-order valence-electron chi connectivity index (χ3n) is 6.42. The number of anilines is 1. The van der Waals surface area contributed by atoms with E-state index in [-0.39, 0.29) is 5.91 Å². The number of hydrogen-bond acceptors (Lipinski definition) is 6. The predicted molar refractivity (Wildman–Crippen MR) is 132 cm³/mol. The highest BCUT2D eigenvalue weighted by molar-refractivity contribution is 5.97. The second-order valence-electron chi connectivity index (χ2n) is 8.64. The molecule has 2 heterocycles. The number of benzene rings is 2. The Bertz CT molecular complexity index is 1080. The zero-order valence-electron chi connectivity index (χ0n) is 20.2. The van der Waals surface area contributed by atoms with Crippen molar-refractivity contribution in [3.63, 3.8) is 0 Å². The molecule has 1 aliphatic rings. The second-order valence-corrected chi connectivity index (χ2v) is 8.64. The summed E-state index contributed by atoms with van der Waals surface area (Å²) in [5, 5.41) is 4.48. The molecule has 0 aliphatic carbocycles. The Labute approximate surface area is 201 Å². The molecule has 1 amide bonds. The van der Waals surface area contributed by atoms with E-state index in [1.165, 1.54) is 6.42 Å². The normalized spacial score (nSPS) is 15.9. The van der Waals surface area contributed by atoms with Gasteiger partial charge in [-0.3, -0.25) is 4.79 Å². The lowest BCUT2D eigenvalue weighted by molar-refractivity contribution is 0.0677. The van der Waals surface area contributed by atoms with Crippen molar-refractivity contribution >= 4 is 11.8 Å².